The third-order valence-electron chi connectivity index (χ3n) is 5.62. The Hall–Kier alpha value is -3.64. The number of aliphatic hydroxyl groups is 1. The lowest BCUT2D eigenvalue weighted by molar-refractivity contribution is 0.0785. The Bertz CT molecular complexity index is 1340. The molecule has 4 rings (SSSR count). The highest BCUT2D eigenvalue weighted by Crippen LogP contribution is 2.32. The third-order valence-corrected chi connectivity index (χ3v) is 5.62. The van der Waals surface area contributed by atoms with Crippen molar-refractivity contribution in [3.63, 3.8) is 0 Å². The lowest BCUT2D eigenvalue weighted by Crippen LogP contribution is -2.17. The van der Waals surface area contributed by atoms with Gasteiger partial charge in [0, 0.05) is 41.6 Å². The molecule has 0 fully saturated rings. The zero-order valence-electron chi connectivity index (χ0n) is 18.0. The van der Waals surface area contributed by atoms with E-state index in [0.29, 0.717) is 16.8 Å². The van der Waals surface area contributed by atoms with Crippen LogP contribution in [0.2, 0.25) is 0 Å². The van der Waals surface area contributed by atoms with Crippen LogP contribution in [0.1, 0.15) is 35.3 Å². The molecule has 3 N–H and O–H groups in total. The number of anilines is 1. The van der Waals surface area contributed by atoms with E-state index in [9.17, 15) is 14.7 Å². The van der Waals surface area contributed by atoms with Gasteiger partial charge in [0.25, 0.3) is 11.5 Å². The number of amides is 1. The molecule has 2 heterocycles. The molecule has 0 atom stereocenters. The van der Waals surface area contributed by atoms with Crippen LogP contribution in [0.25, 0.3) is 22.0 Å². The summed E-state index contributed by atoms with van der Waals surface area (Å²) >= 11 is 0. The minimum absolute atomic E-state index is 0.0830. The fraction of sp³-hybridized carbons (Fsp3) is 0.200. The number of carbonyl (C=O) groups is 1. The predicted molar refractivity (Wildman–Crippen MR) is 123 cm³/mol. The van der Waals surface area contributed by atoms with E-state index in [4.69, 9.17) is 0 Å². The third kappa shape index (κ3) is 3.78. The first-order valence-corrected chi connectivity index (χ1v) is 10.1. The smallest absolute Gasteiger partial charge is 0.274 e. The second-order valence-electron chi connectivity index (χ2n) is 8.29. The van der Waals surface area contributed by atoms with Crippen molar-refractivity contribution in [2.75, 3.05) is 5.32 Å². The van der Waals surface area contributed by atoms with E-state index < -0.39 is 5.60 Å². The highest BCUT2D eigenvalue weighted by molar-refractivity contribution is 6.05. The van der Waals surface area contributed by atoms with Crippen molar-refractivity contribution in [3.05, 3.63) is 88.0 Å². The van der Waals surface area contributed by atoms with E-state index in [1.807, 2.05) is 37.4 Å². The van der Waals surface area contributed by atoms with E-state index in [-0.39, 0.29) is 11.5 Å². The molecule has 0 saturated heterocycles. The molecule has 4 aromatic rings. The van der Waals surface area contributed by atoms with E-state index in [2.05, 4.69) is 10.3 Å². The Morgan fingerprint density at radius 3 is 2.45 bits per heavy atom. The Morgan fingerprint density at radius 2 is 1.77 bits per heavy atom. The van der Waals surface area contributed by atoms with Gasteiger partial charge < -0.3 is 20.0 Å². The molecule has 0 unspecified atom stereocenters. The average molecular weight is 415 g/mol. The number of nitrogens with one attached hydrogen (secondary N) is 2. The Labute approximate surface area is 180 Å². The number of benzene rings is 2. The molecule has 2 aromatic heterocycles. The quantitative estimate of drug-likeness (QED) is 0.464. The van der Waals surface area contributed by atoms with Gasteiger partial charge in [0.15, 0.2) is 0 Å². The maximum Gasteiger partial charge on any atom is 0.274 e. The highest BCUT2D eigenvalue weighted by atomic mass is 16.3. The standard InChI is InChI=1S/C25H25N3O3/c1-15-18(20-14-28(4)24(30)22-19(20)12-13-26-22)6-5-7-21(15)27-23(29)16-8-10-17(11-9-16)25(2,3)31/h5-14,26,31H,1-4H3,(H,27,29). The summed E-state index contributed by atoms with van der Waals surface area (Å²) in [6.07, 6.45) is 3.58. The SMILES string of the molecule is Cc1c(NC(=O)c2ccc(C(C)(C)O)cc2)cccc1-c1cn(C)c(=O)c2[nH]ccc12. The number of hydrogen-bond acceptors (Lipinski definition) is 3. The van der Waals surface area contributed by atoms with Crippen LogP contribution in [0.15, 0.2) is 65.7 Å². The number of pyridine rings is 1. The number of fused-ring (bicyclic) bond motifs is 1. The lowest BCUT2D eigenvalue weighted by atomic mass is 9.96. The van der Waals surface area contributed by atoms with E-state index in [1.165, 1.54) is 0 Å². The molecule has 6 nitrogen and oxygen atoms in total. The van der Waals surface area contributed by atoms with Crippen molar-refractivity contribution in [3.8, 4) is 11.1 Å². The van der Waals surface area contributed by atoms with Crippen LogP contribution in [-0.2, 0) is 12.6 Å². The summed E-state index contributed by atoms with van der Waals surface area (Å²) in [6.45, 7) is 5.36. The molecule has 0 aliphatic heterocycles. The van der Waals surface area contributed by atoms with Crippen LogP contribution in [0.4, 0.5) is 5.69 Å². The predicted octanol–water partition coefficient (Wildman–Crippen LogP) is 4.32. The average Bonchev–Trinajstić information content (AvgIpc) is 3.22. The van der Waals surface area contributed by atoms with Gasteiger partial charge in [-0.2, -0.15) is 0 Å². The fourth-order valence-corrected chi connectivity index (χ4v) is 3.77. The maximum absolute atomic E-state index is 12.8. The van der Waals surface area contributed by atoms with E-state index in [1.54, 1.807) is 55.9 Å². The Kier molecular flexibility index (Phi) is 5.03. The van der Waals surface area contributed by atoms with E-state index in [0.717, 1.165) is 27.6 Å². The van der Waals surface area contributed by atoms with E-state index >= 15 is 0 Å². The molecular weight excluding hydrogens is 390 g/mol. The number of H-pyrrole nitrogens is 1. The van der Waals surface area contributed by atoms with Crippen LogP contribution in [0.5, 0.6) is 0 Å². The summed E-state index contributed by atoms with van der Waals surface area (Å²) in [5.41, 5.74) is 4.23. The highest BCUT2D eigenvalue weighted by Gasteiger charge is 2.17. The molecular formula is C25H25N3O3. The summed E-state index contributed by atoms with van der Waals surface area (Å²) in [5, 5.41) is 13.9. The van der Waals surface area contributed by atoms with Gasteiger partial charge in [0.05, 0.1) is 5.60 Å². The van der Waals surface area contributed by atoms with Gasteiger partial charge in [-0.05, 0) is 61.7 Å². The molecule has 2 aromatic carbocycles. The number of aromatic amines is 1. The largest absolute Gasteiger partial charge is 0.386 e. The number of nitrogens with zero attached hydrogens (tertiary/aromatic N) is 1. The van der Waals surface area contributed by atoms with Gasteiger partial charge in [-0.3, -0.25) is 9.59 Å². The number of rotatable bonds is 4. The van der Waals surface area contributed by atoms with Crippen molar-refractivity contribution < 1.29 is 9.90 Å². The lowest BCUT2D eigenvalue weighted by Gasteiger charge is -2.18. The van der Waals surface area contributed by atoms with Crippen molar-refractivity contribution >= 4 is 22.5 Å². The topological polar surface area (TPSA) is 87.1 Å². The van der Waals surface area contributed by atoms with Crippen LogP contribution in [-0.4, -0.2) is 20.6 Å². The van der Waals surface area contributed by atoms with Gasteiger partial charge in [0.1, 0.15) is 5.52 Å². The number of aryl methyl sites for hydroxylation is 1. The summed E-state index contributed by atoms with van der Waals surface area (Å²) < 4.78 is 1.56. The van der Waals surface area contributed by atoms with Gasteiger partial charge in [-0.15, -0.1) is 0 Å². The number of carbonyl (C=O) groups excluding carboxylic acids is 1. The number of hydrogen-bond donors (Lipinski definition) is 3. The maximum atomic E-state index is 12.8. The Balaban J connectivity index is 1.69. The normalized spacial score (nSPS) is 11.6. The molecule has 6 heteroatoms. The molecule has 1 amide bonds. The summed E-state index contributed by atoms with van der Waals surface area (Å²) in [4.78, 5) is 28.2. The first-order valence-electron chi connectivity index (χ1n) is 10.1. The minimum Gasteiger partial charge on any atom is -0.386 e. The first-order chi connectivity index (χ1) is 14.7. The zero-order chi connectivity index (χ0) is 22.3. The van der Waals surface area contributed by atoms with Crippen molar-refractivity contribution in [1.29, 1.82) is 0 Å². The second kappa shape index (κ2) is 7.56. The summed E-state index contributed by atoms with van der Waals surface area (Å²) in [7, 11) is 1.73. The molecule has 0 aliphatic carbocycles. The fourth-order valence-electron chi connectivity index (χ4n) is 3.77. The molecule has 158 valence electrons. The van der Waals surface area contributed by atoms with Crippen LogP contribution in [0, 0.1) is 6.92 Å². The zero-order valence-corrected chi connectivity index (χ0v) is 18.0. The van der Waals surface area contributed by atoms with Gasteiger partial charge in [-0.1, -0.05) is 24.3 Å². The van der Waals surface area contributed by atoms with Crippen molar-refractivity contribution in [2.24, 2.45) is 7.05 Å². The van der Waals surface area contributed by atoms with Crippen molar-refractivity contribution in [2.45, 2.75) is 26.4 Å². The number of aromatic nitrogens is 2. The monoisotopic (exact) mass is 415 g/mol. The summed E-state index contributed by atoms with van der Waals surface area (Å²) in [5.74, 6) is -0.227. The van der Waals surface area contributed by atoms with Crippen LogP contribution >= 0.6 is 0 Å². The minimum atomic E-state index is -0.959. The van der Waals surface area contributed by atoms with Gasteiger partial charge in [-0.25, -0.2) is 0 Å². The molecule has 0 bridgehead atoms. The van der Waals surface area contributed by atoms with Crippen molar-refractivity contribution in [1.82, 2.24) is 9.55 Å². The van der Waals surface area contributed by atoms with Crippen LogP contribution in [0.3, 0.4) is 0 Å². The first kappa shape index (κ1) is 20.6. The van der Waals surface area contributed by atoms with Crippen LogP contribution < -0.4 is 10.9 Å². The Morgan fingerprint density at radius 1 is 1.06 bits per heavy atom. The molecule has 0 radical (unpaired) electrons. The molecule has 0 aliphatic rings. The summed E-state index contributed by atoms with van der Waals surface area (Å²) in [6, 6.07) is 14.5. The second-order valence-corrected chi connectivity index (χ2v) is 8.29. The van der Waals surface area contributed by atoms with Gasteiger partial charge >= 0.3 is 0 Å². The van der Waals surface area contributed by atoms with Gasteiger partial charge in [0.2, 0.25) is 0 Å². The molecule has 0 saturated carbocycles. The molecule has 0 spiro atoms. The molecule has 31 heavy (non-hydrogen) atoms.